The molecule has 0 aromatic carbocycles. The van der Waals surface area contributed by atoms with Crippen LogP contribution in [0.2, 0.25) is 0 Å². The number of carbonyl (C=O) groups excluding carboxylic acids is 1. The summed E-state index contributed by atoms with van der Waals surface area (Å²) in [4.78, 5) is 21.0. The van der Waals surface area contributed by atoms with Crippen molar-refractivity contribution in [1.82, 2.24) is 14.8 Å². The number of nitrogens with zero attached hydrogens (tertiary/aromatic N) is 3. The molecule has 2 rings (SSSR count). The van der Waals surface area contributed by atoms with Gasteiger partial charge in [-0.2, -0.15) is 0 Å². The first-order valence-corrected chi connectivity index (χ1v) is 7.73. The van der Waals surface area contributed by atoms with Crippen LogP contribution in [0.25, 0.3) is 0 Å². The van der Waals surface area contributed by atoms with E-state index < -0.39 is 0 Å². The fourth-order valence-corrected chi connectivity index (χ4v) is 2.92. The lowest BCUT2D eigenvalue weighted by molar-refractivity contribution is 0.0679. The van der Waals surface area contributed by atoms with Crippen LogP contribution in [0.4, 0.5) is 5.69 Å². The minimum atomic E-state index is 0.122. The Morgan fingerprint density at radius 3 is 2.76 bits per heavy atom. The lowest BCUT2D eigenvalue weighted by Crippen LogP contribution is -2.40. The van der Waals surface area contributed by atoms with Crippen molar-refractivity contribution in [3.05, 3.63) is 24.0 Å². The molecule has 0 bridgehead atoms. The van der Waals surface area contributed by atoms with Gasteiger partial charge in [0.25, 0.3) is 5.91 Å². The molecule has 1 fully saturated rings. The van der Waals surface area contributed by atoms with Crippen molar-refractivity contribution in [1.29, 1.82) is 0 Å². The van der Waals surface area contributed by atoms with E-state index in [4.69, 9.17) is 0 Å². The standard InChI is InChI=1S/C16H26N4O/c1-4-18-15-11-17-8-5-14(15)16(21)20-9-6-13(7-10-20)12-19(2)3/h5,8,11,13,18H,4,6-7,9-10,12H2,1-3H3. The van der Waals surface area contributed by atoms with Gasteiger partial charge in [-0.25, -0.2) is 0 Å². The zero-order chi connectivity index (χ0) is 15.2. The third kappa shape index (κ3) is 4.17. The average Bonchev–Trinajstić information content (AvgIpc) is 2.48. The first-order chi connectivity index (χ1) is 10.1. The number of anilines is 1. The summed E-state index contributed by atoms with van der Waals surface area (Å²) < 4.78 is 0. The van der Waals surface area contributed by atoms with Crippen molar-refractivity contribution in [3.8, 4) is 0 Å². The lowest BCUT2D eigenvalue weighted by Gasteiger charge is -2.33. The molecule has 21 heavy (non-hydrogen) atoms. The van der Waals surface area contributed by atoms with Gasteiger partial charge in [-0.15, -0.1) is 0 Å². The van der Waals surface area contributed by atoms with Gasteiger partial charge in [-0.3, -0.25) is 9.78 Å². The Labute approximate surface area is 127 Å². The highest BCUT2D eigenvalue weighted by Crippen LogP contribution is 2.22. The van der Waals surface area contributed by atoms with Crippen molar-refractivity contribution >= 4 is 11.6 Å². The highest BCUT2D eigenvalue weighted by atomic mass is 16.2. The second-order valence-electron chi connectivity index (χ2n) is 5.95. The maximum Gasteiger partial charge on any atom is 0.256 e. The van der Waals surface area contributed by atoms with E-state index in [1.807, 2.05) is 17.9 Å². The number of piperidine rings is 1. The van der Waals surface area contributed by atoms with Crippen LogP contribution in [0.15, 0.2) is 18.5 Å². The third-order valence-electron chi connectivity index (χ3n) is 3.94. The molecule has 0 radical (unpaired) electrons. The lowest BCUT2D eigenvalue weighted by atomic mass is 9.96. The summed E-state index contributed by atoms with van der Waals surface area (Å²) in [6.45, 7) is 5.63. The van der Waals surface area contributed by atoms with Gasteiger partial charge in [0.1, 0.15) is 0 Å². The van der Waals surface area contributed by atoms with E-state index in [-0.39, 0.29) is 5.91 Å². The molecule has 0 aliphatic carbocycles. The summed E-state index contributed by atoms with van der Waals surface area (Å²) in [5.41, 5.74) is 1.57. The van der Waals surface area contributed by atoms with Crippen molar-refractivity contribution in [2.24, 2.45) is 5.92 Å². The molecule has 1 N–H and O–H groups in total. The molecule has 1 amide bonds. The zero-order valence-electron chi connectivity index (χ0n) is 13.3. The molecule has 0 saturated carbocycles. The average molecular weight is 290 g/mol. The van der Waals surface area contributed by atoms with Gasteiger partial charge in [-0.1, -0.05) is 0 Å². The Morgan fingerprint density at radius 2 is 2.14 bits per heavy atom. The quantitative estimate of drug-likeness (QED) is 0.900. The Hall–Kier alpha value is -1.62. The predicted molar refractivity (Wildman–Crippen MR) is 85.6 cm³/mol. The van der Waals surface area contributed by atoms with Gasteiger partial charge in [0.15, 0.2) is 0 Å². The maximum atomic E-state index is 12.7. The van der Waals surface area contributed by atoms with E-state index in [9.17, 15) is 4.79 Å². The Morgan fingerprint density at radius 1 is 1.43 bits per heavy atom. The van der Waals surface area contributed by atoms with Crippen molar-refractivity contribution in [2.45, 2.75) is 19.8 Å². The largest absolute Gasteiger partial charge is 0.383 e. The predicted octanol–water partition coefficient (Wildman–Crippen LogP) is 1.93. The van der Waals surface area contributed by atoms with Crippen LogP contribution >= 0.6 is 0 Å². The van der Waals surface area contributed by atoms with Gasteiger partial charge in [-0.05, 0) is 45.8 Å². The normalized spacial score (nSPS) is 16.3. The van der Waals surface area contributed by atoms with Gasteiger partial charge in [0.05, 0.1) is 17.4 Å². The van der Waals surface area contributed by atoms with Crippen LogP contribution in [-0.2, 0) is 0 Å². The first kappa shape index (κ1) is 15.8. The highest BCUT2D eigenvalue weighted by Gasteiger charge is 2.25. The number of hydrogen-bond donors (Lipinski definition) is 1. The second kappa shape index (κ2) is 7.41. The molecule has 1 aliphatic heterocycles. The van der Waals surface area contributed by atoms with Gasteiger partial charge < -0.3 is 15.1 Å². The molecule has 2 heterocycles. The number of hydrogen-bond acceptors (Lipinski definition) is 4. The maximum absolute atomic E-state index is 12.7. The molecule has 1 aliphatic rings. The molecule has 5 heteroatoms. The molecule has 1 aromatic rings. The number of carbonyl (C=O) groups is 1. The highest BCUT2D eigenvalue weighted by molar-refractivity contribution is 5.99. The number of pyridine rings is 1. The number of amides is 1. The summed E-state index contributed by atoms with van der Waals surface area (Å²) in [6, 6.07) is 1.81. The van der Waals surface area contributed by atoms with Crippen molar-refractivity contribution in [2.75, 3.05) is 45.6 Å². The molecule has 1 aromatic heterocycles. The second-order valence-corrected chi connectivity index (χ2v) is 5.95. The molecule has 116 valence electrons. The molecule has 0 spiro atoms. The number of nitrogens with one attached hydrogen (secondary N) is 1. The van der Waals surface area contributed by atoms with Crippen LogP contribution < -0.4 is 5.32 Å². The van der Waals surface area contributed by atoms with Gasteiger partial charge in [0, 0.05) is 32.4 Å². The zero-order valence-corrected chi connectivity index (χ0v) is 13.3. The monoisotopic (exact) mass is 290 g/mol. The van der Waals surface area contributed by atoms with Crippen LogP contribution in [-0.4, -0.2) is 61.0 Å². The van der Waals surface area contributed by atoms with Gasteiger partial charge >= 0.3 is 0 Å². The summed E-state index contributed by atoms with van der Waals surface area (Å²) in [6.07, 6.45) is 5.60. The minimum absolute atomic E-state index is 0.122. The molecular formula is C16H26N4O. The summed E-state index contributed by atoms with van der Waals surface area (Å²) >= 11 is 0. The smallest absolute Gasteiger partial charge is 0.256 e. The fourth-order valence-electron chi connectivity index (χ4n) is 2.92. The summed E-state index contributed by atoms with van der Waals surface area (Å²) in [5, 5.41) is 3.21. The minimum Gasteiger partial charge on any atom is -0.383 e. The van der Waals surface area contributed by atoms with Crippen LogP contribution in [0.3, 0.4) is 0 Å². The van der Waals surface area contributed by atoms with Gasteiger partial charge in [0.2, 0.25) is 0 Å². The number of aromatic nitrogens is 1. The molecule has 1 saturated heterocycles. The molecule has 0 atom stereocenters. The number of rotatable bonds is 5. The molecular weight excluding hydrogens is 264 g/mol. The Kier molecular flexibility index (Phi) is 5.56. The fraction of sp³-hybridized carbons (Fsp3) is 0.625. The molecule has 5 nitrogen and oxygen atoms in total. The van der Waals surface area contributed by atoms with Crippen molar-refractivity contribution < 1.29 is 4.79 Å². The summed E-state index contributed by atoms with van der Waals surface area (Å²) in [7, 11) is 4.22. The molecule has 0 unspecified atom stereocenters. The SMILES string of the molecule is CCNc1cnccc1C(=O)N1CCC(CN(C)C)CC1. The van der Waals surface area contributed by atoms with E-state index in [2.05, 4.69) is 29.3 Å². The van der Waals surface area contributed by atoms with Crippen LogP contribution in [0, 0.1) is 5.92 Å². The summed E-state index contributed by atoms with van der Waals surface area (Å²) in [5.74, 6) is 0.825. The van der Waals surface area contributed by atoms with E-state index in [1.54, 1.807) is 12.4 Å². The Balaban J connectivity index is 1.99. The topological polar surface area (TPSA) is 48.5 Å². The van der Waals surface area contributed by atoms with E-state index >= 15 is 0 Å². The number of likely N-dealkylation sites (tertiary alicyclic amines) is 1. The Bertz CT molecular complexity index is 467. The first-order valence-electron chi connectivity index (χ1n) is 7.73. The van der Waals surface area contributed by atoms with Crippen molar-refractivity contribution in [3.63, 3.8) is 0 Å². The van der Waals surface area contributed by atoms with Crippen LogP contribution in [0.1, 0.15) is 30.1 Å². The van der Waals surface area contributed by atoms with E-state index in [0.717, 1.165) is 50.3 Å². The van der Waals surface area contributed by atoms with E-state index in [0.29, 0.717) is 5.92 Å². The van der Waals surface area contributed by atoms with Crippen LogP contribution in [0.5, 0.6) is 0 Å². The third-order valence-corrected chi connectivity index (χ3v) is 3.94. The van der Waals surface area contributed by atoms with E-state index in [1.165, 1.54) is 0 Å².